The summed E-state index contributed by atoms with van der Waals surface area (Å²) in [5.74, 6) is 1.05. The molecule has 1 unspecified atom stereocenters. The highest BCUT2D eigenvalue weighted by atomic mass is 35.5. The molecule has 110 valence electrons. The lowest BCUT2D eigenvalue weighted by molar-refractivity contribution is 0.161. The third-order valence-corrected chi connectivity index (χ3v) is 3.83. The van der Waals surface area contributed by atoms with Crippen LogP contribution in [0.25, 0.3) is 0 Å². The molecule has 0 saturated carbocycles. The van der Waals surface area contributed by atoms with Crippen molar-refractivity contribution in [2.75, 3.05) is 7.11 Å². The van der Waals surface area contributed by atoms with Crippen LogP contribution in [0.5, 0.6) is 11.5 Å². The lowest BCUT2D eigenvalue weighted by Crippen LogP contribution is -2.24. The van der Waals surface area contributed by atoms with E-state index in [0.29, 0.717) is 22.8 Å². The van der Waals surface area contributed by atoms with Crippen molar-refractivity contribution in [3.8, 4) is 11.5 Å². The minimum Gasteiger partial charge on any atom is -0.497 e. The Hall–Kier alpha value is -1.78. The first-order valence-electron chi connectivity index (χ1n) is 6.63. The third kappa shape index (κ3) is 2.82. The van der Waals surface area contributed by atoms with Gasteiger partial charge in [-0.3, -0.25) is 0 Å². The Kier molecular flexibility index (Phi) is 3.74. The molecule has 2 aromatic rings. The number of ether oxygens (including phenoxy) is 2. The number of hydrogen-bond donors (Lipinski definition) is 1. The molecule has 3 nitrogen and oxygen atoms in total. The van der Waals surface area contributed by atoms with Gasteiger partial charge in [-0.25, -0.2) is 4.39 Å². The smallest absolute Gasteiger partial charge is 0.126 e. The number of benzene rings is 2. The van der Waals surface area contributed by atoms with Gasteiger partial charge in [0, 0.05) is 23.0 Å². The number of halogens is 2. The van der Waals surface area contributed by atoms with Gasteiger partial charge in [0.1, 0.15) is 23.4 Å². The minimum atomic E-state index is -0.379. The average Bonchev–Trinajstić information content (AvgIpc) is 2.46. The van der Waals surface area contributed by atoms with Crippen LogP contribution in [-0.2, 0) is 0 Å². The molecule has 0 saturated heterocycles. The number of hydrogen-bond acceptors (Lipinski definition) is 3. The van der Waals surface area contributed by atoms with Crippen LogP contribution in [0.15, 0.2) is 36.4 Å². The van der Waals surface area contributed by atoms with Crippen molar-refractivity contribution in [3.05, 3.63) is 58.4 Å². The van der Waals surface area contributed by atoms with Crippen LogP contribution in [0.2, 0.25) is 5.02 Å². The van der Waals surface area contributed by atoms with Crippen LogP contribution in [-0.4, -0.2) is 7.11 Å². The van der Waals surface area contributed by atoms with E-state index in [1.165, 1.54) is 12.1 Å². The zero-order valence-corrected chi connectivity index (χ0v) is 12.2. The zero-order valence-electron chi connectivity index (χ0n) is 11.5. The Morgan fingerprint density at radius 2 is 2.10 bits per heavy atom. The fourth-order valence-electron chi connectivity index (χ4n) is 2.57. The van der Waals surface area contributed by atoms with Crippen LogP contribution >= 0.6 is 11.6 Å². The van der Waals surface area contributed by atoms with E-state index >= 15 is 0 Å². The molecule has 2 atom stereocenters. The summed E-state index contributed by atoms with van der Waals surface area (Å²) in [6.45, 7) is 0. The summed E-state index contributed by atoms with van der Waals surface area (Å²) in [7, 11) is 1.61. The monoisotopic (exact) mass is 307 g/mol. The Balaban J connectivity index is 1.94. The highest BCUT2D eigenvalue weighted by molar-refractivity contribution is 6.30. The van der Waals surface area contributed by atoms with Crippen LogP contribution in [0.4, 0.5) is 4.39 Å². The van der Waals surface area contributed by atoms with Crippen molar-refractivity contribution >= 4 is 11.6 Å². The summed E-state index contributed by atoms with van der Waals surface area (Å²) in [4.78, 5) is 0. The summed E-state index contributed by atoms with van der Waals surface area (Å²) < 4.78 is 24.6. The molecule has 1 aliphatic heterocycles. The Morgan fingerprint density at radius 3 is 2.81 bits per heavy atom. The normalized spacial score (nSPS) is 20.6. The molecule has 1 heterocycles. The van der Waals surface area contributed by atoms with E-state index in [1.54, 1.807) is 13.2 Å². The second-order valence-corrected chi connectivity index (χ2v) is 5.49. The van der Waals surface area contributed by atoms with E-state index in [1.807, 2.05) is 18.2 Å². The van der Waals surface area contributed by atoms with Crippen molar-refractivity contribution in [1.82, 2.24) is 0 Å². The first-order valence-corrected chi connectivity index (χ1v) is 7.01. The Morgan fingerprint density at radius 1 is 1.29 bits per heavy atom. The predicted molar refractivity (Wildman–Crippen MR) is 79.3 cm³/mol. The van der Waals surface area contributed by atoms with E-state index in [2.05, 4.69) is 0 Å². The van der Waals surface area contributed by atoms with Crippen LogP contribution < -0.4 is 15.2 Å². The van der Waals surface area contributed by atoms with Crippen molar-refractivity contribution < 1.29 is 13.9 Å². The predicted octanol–water partition coefficient (Wildman–Crippen LogP) is 4.01. The maximum Gasteiger partial charge on any atom is 0.126 e. The first kappa shape index (κ1) is 14.2. The van der Waals surface area contributed by atoms with E-state index in [0.717, 1.165) is 11.3 Å². The standard InChI is InChI=1S/C16H15ClFNO2/c1-20-12-2-3-15-13(7-12)14(19)8-16(21-15)9-4-10(17)6-11(18)5-9/h2-7,14,16H,8,19H2,1H3/t14-,16?/m1/s1. The van der Waals surface area contributed by atoms with Crippen molar-refractivity contribution in [2.45, 2.75) is 18.6 Å². The molecule has 0 radical (unpaired) electrons. The molecule has 5 heteroatoms. The molecule has 21 heavy (non-hydrogen) atoms. The maximum absolute atomic E-state index is 13.5. The van der Waals surface area contributed by atoms with Crippen LogP contribution in [0.3, 0.4) is 0 Å². The molecule has 0 aliphatic carbocycles. The van der Waals surface area contributed by atoms with Gasteiger partial charge in [-0.15, -0.1) is 0 Å². The summed E-state index contributed by atoms with van der Waals surface area (Å²) in [6.07, 6.45) is 0.244. The van der Waals surface area contributed by atoms with Crippen molar-refractivity contribution in [1.29, 1.82) is 0 Å². The van der Waals surface area contributed by atoms with E-state index < -0.39 is 0 Å². The second kappa shape index (κ2) is 5.54. The molecule has 0 amide bonds. The average molecular weight is 308 g/mol. The molecular formula is C16H15ClFNO2. The van der Waals surface area contributed by atoms with Gasteiger partial charge in [0.05, 0.1) is 7.11 Å². The molecule has 1 aliphatic rings. The van der Waals surface area contributed by atoms with E-state index in [-0.39, 0.29) is 18.0 Å². The highest BCUT2D eigenvalue weighted by Crippen LogP contribution is 2.41. The van der Waals surface area contributed by atoms with Gasteiger partial charge < -0.3 is 15.2 Å². The third-order valence-electron chi connectivity index (χ3n) is 3.61. The number of fused-ring (bicyclic) bond motifs is 1. The molecule has 2 N–H and O–H groups in total. The lowest BCUT2D eigenvalue weighted by atomic mass is 9.93. The SMILES string of the molecule is COc1ccc2c(c1)[C@H](N)CC(c1cc(F)cc(Cl)c1)O2. The van der Waals surface area contributed by atoms with Gasteiger partial charge in [-0.05, 0) is 42.0 Å². The molecule has 0 bridgehead atoms. The summed E-state index contributed by atoms with van der Waals surface area (Å²) in [5.41, 5.74) is 7.80. The maximum atomic E-state index is 13.5. The fraction of sp³-hybridized carbons (Fsp3) is 0.250. The first-order chi connectivity index (χ1) is 10.1. The minimum absolute atomic E-state index is 0.198. The number of nitrogens with two attached hydrogens (primary N) is 1. The molecule has 3 rings (SSSR count). The quantitative estimate of drug-likeness (QED) is 0.911. The summed E-state index contributed by atoms with van der Waals surface area (Å²) in [5, 5.41) is 0.350. The van der Waals surface area contributed by atoms with E-state index in [4.69, 9.17) is 26.8 Å². The van der Waals surface area contributed by atoms with Crippen molar-refractivity contribution in [3.63, 3.8) is 0 Å². The molecule has 0 fully saturated rings. The lowest BCUT2D eigenvalue weighted by Gasteiger charge is -2.31. The highest BCUT2D eigenvalue weighted by Gasteiger charge is 2.28. The van der Waals surface area contributed by atoms with Gasteiger partial charge in [0.15, 0.2) is 0 Å². The zero-order chi connectivity index (χ0) is 15.0. The Labute approximate surface area is 127 Å². The van der Waals surface area contributed by atoms with Gasteiger partial charge in [-0.1, -0.05) is 11.6 Å². The van der Waals surface area contributed by atoms with Crippen LogP contribution in [0.1, 0.15) is 29.7 Å². The topological polar surface area (TPSA) is 44.5 Å². The summed E-state index contributed by atoms with van der Waals surface area (Å²) in [6, 6.07) is 9.71. The fourth-order valence-corrected chi connectivity index (χ4v) is 2.80. The number of methoxy groups -OCH3 is 1. The van der Waals surface area contributed by atoms with Gasteiger partial charge in [0.25, 0.3) is 0 Å². The van der Waals surface area contributed by atoms with Gasteiger partial charge >= 0.3 is 0 Å². The molecule has 0 spiro atoms. The van der Waals surface area contributed by atoms with Gasteiger partial charge in [-0.2, -0.15) is 0 Å². The largest absolute Gasteiger partial charge is 0.497 e. The van der Waals surface area contributed by atoms with Gasteiger partial charge in [0.2, 0.25) is 0 Å². The Bertz CT molecular complexity index is 657. The second-order valence-electron chi connectivity index (χ2n) is 5.06. The van der Waals surface area contributed by atoms with Crippen LogP contribution in [0, 0.1) is 5.82 Å². The number of rotatable bonds is 2. The van der Waals surface area contributed by atoms with Crippen molar-refractivity contribution in [2.24, 2.45) is 5.73 Å². The van der Waals surface area contributed by atoms with E-state index in [9.17, 15) is 4.39 Å². The molecule has 2 aromatic carbocycles. The summed E-state index contributed by atoms with van der Waals surface area (Å²) >= 11 is 5.90. The molecular weight excluding hydrogens is 293 g/mol. The molecule has 0 aromatic heterocycles.